The van der Waals surface area contributed by atoms with Crippen LogP contribution in [0.5, 0.6) is 0 Å². The molecule has 1 aromatic rings. The van der Waals surface area contributed by atoms with Gasteiger partial charge in [-0.2, -0.15) is 0 Å². The molecular formula is C42H64N4O6. The average Bonchev–Trinajstić information content (AvgIpc) is 3.51. The zero-order chi connectivity index (χ0) is 36.7. The number of likely N-dealkylation sites (tertiary alicyclic amines) is 1. The molecular weight excluding hydrogens is 656 g/mol. The molecule has 10 nitrogen and oxygen atoms in total. The molecule has 5 saturated carbocycles. The lowest BCUT2D eigenvalue weighted by Gasteiger charge is -2.63. The van der Waals surface area contributed by atoms with Gasteiger partial charge in [-0.1, -0.05) is 48.5 Å². The highest BCUT2D eigenvalue weighted by atomic mass is 16.6. The molecule has 4 heterocycles. The van der Waals surface area contributed by atoms with E-state index in [9.17, 15) is 14.7 Å². The van der Waals surface area contributed by atoms with E-state index in [-0.39, 0.29) is 75.5 Å². The van der Waals surface area contributed by atoms with Gasteiger partial charge in [-0.3, -0.25) is 4.90 Å². The van der Waals surface area contributed by atoms with Crippen LogP contribution in [0.1, 0.15) is 118 Å². The van der Waals surface area contributed by atoms with Crippen LogP contribution in [0.15, 0.2) is 6.20 Å². The van der Waals surface area contributed by atoms with E-state index in [4.69, 9.17) is 14.2 Å². The maximum atomic E-state index is 13.6. The van der Waals surface area contributed by atoms with E-state index in [0.29, 0.717) is 30.8 Å². The number of aliphatic hydroxyl groups is 1. The molecule has 52 heavy (non-hydrogen) atoms. The molecule has 4 unspecified atom stereocenters. The fraction of sp³-hybridized carbons (Fsp3) is 0.881. The van der Waals surface area contributed by atoms with Crippen molar-refractivity contribution in [3.8, 4) is 0 Å². The summed E-state index contributed by atoms with van der Waals surface area (Å²) in [4.78, 5) is 34.9. The Morgan fingerprint density at radius 1 is 0.962 bits per heavy atom. The minimum absolute atomic E-state index is 0.0282. The number of rotatable bonds is 4. The summed E-state index contributed by atoms with van der Waals surface area (Å²) in [6.07, 6.45) is 9.88. The predicted molar refractivity (Wildman–Crippen MR) is 195 cm³/mol. The Bertz CT molecular complexity index is 1620. The van der Waals surface area contributed by atoms with Gasteiger partial charge in [-0.05, 0) is 111 Å². The summed E-state index contributed by atoms with van der Waals surface area (Å²) in [6, 6.07) is 0. The number of nitrogens with zero attached hydrogens (tertiary/aromatic N) is 4. The number of fused-ring (bicyclic) bond motifs is 5. The Hall–Kier alpha value is -2.33. The maximum absolute atomic E-state index is 13.6. The molecule has 13 atom stereocenters. The van der Waals surface area contributed by atoms with Crippen LogP contribution in [0.4, 0.5) is 9.59 Å². The number of carbonyl (C=O) groups excluding carboxylic acids is 2. The standard InChI is InChI=1S/C42H64N4O6/c1-24(2)33(52-36(48)44-16-9-17-44)27-20-25(3)32-34(50-27)35(47)40(8)29-11-10-28-38(5,6)30(12-13-41(28)23-42(29,41)15-14-39(32,40)7)51-37(49)46-19-18-45-21-26(4)43-31(45)22-46/h21,24-25,27-30,32-35,47H,9-20,22-23H2,1-8H3/t25-,27?,28+,29?,30?,32+,33-,34?,35+,39-,40-,41-,42+/m1/s1. The average molecular weight is 721 g/mol. The van der Waals surface area contributed by atoms with Crippen molar-refractivity contribution in [3.05, 3.63) is 17.7 Å². The smallest absolute Gasteiger partial charge is 0.410 e. The van der Waals surface area contributed by atoms with E-state index in [1.54, 1.807) is 4.90 Å². The van der Waals surface area contributed by atoms with Crippen LogP contribution in [-0.2, 0) is 27.3 Å². The van der Waals surface area contributed by atoms with Gasteiger partial charge in [-0.25, -0.2) is 14.6 Å². The number of hydrogen-bond donors (Lipinski definition) is 1. The molecule has 288 valence electrons. The van der Waals surface area contributed by atoms with Crippen molar-refractivity contribution >= 4 is 12.2 Å². The van der Waals surface area contributed by atoms with Gasteiger partial charge in [0.05, 0.1) is 30.6 Å². The van der Waals surface area contributed by atoms with Gasteiger partial charge in [0.25, 0.3) is 0 Å². The summed E-state index contributed by atoms with van der Waals surface area (Å²) in [5.74, 6) is 2.63. The van der Waals surface area contributed by atoms with Gasteiger partial charge < -0.3 is 28.8 Å². The molecule has 3 aliphatic heterocycles. The molecule has 0 aromatic carbocycles. The normalized spacial score (nSPS) is 46.0. The molecule has 0 radical (unpaired) electrons. The lowest BCUT2D eigenvalue weighted by molar-refractivity contribution is -0.185. The monoisotopic (exact) mass is 720 g/mol. The Morgan fingerprint density at radius 2 is 1.69 bits per heavy atom. The van der Waals surface area contributed by atoms with Crippen LogP contribution >= 0.6 is 0 Å². The van der Waals surface area contributed by atoms with Gasteiger partial charge in [0.1, 0.15) is 18.0 Å². The molecule has 1 aromatic heterocycles. The summed E-state index contributed by atoms with van der Waals surface area (Å²) >= 11 is 0. The largest absolute Gasteiger partial charge is 0.446 e. The first-order valence-electron chi connectivity index (χ1n) is 20.8. The number of aryl methyl sites for hydroxylation is 1. The molecule has 8 aliphatic rings. The molecule has 0 bridgehead atoms. The molecule has 2 amide bonds. The first-order chi connectivity index (χ1) is 24.6. The fourth-order valence-electron chi connectivity index (χ4n) is 14.8. The summed E-state index contributed by atoms with van der Waals surface area (Å²) < 4.78 is 21.8. The van der Waals surface area contributed by atoms with Crippen LogP contribution in [0.25, 0.3) is 0 Å². The van der Waals surface area contributed by atoms with E-state index in [1.807, 2.05) is 11.8 Å². The number of ether oxygens (including phenoxy) is 3. The molecule has 2 spiro atoms. The van der Waals surface area contributed by atoms with Crippen molar-refractivity contribution in [1.82, 2.24) is 19.4 Å². The van der Waals surface area contributed by atoms with Gasteiger partial charge in [0, 0.05) is 43.2 Å². The number of carbonyl (C=O) groups is 2. The van der Waals surface area contributed by atoms with Crippen molar-refractivity contribution < 1.29 is 28.9 Å². The zero-order valence-electron chi connectivity index (χ0n) is 33.0. The number of imidazole rings is 1. The summed E-state index contributed by atoms with van der Waals surface area (Å²) in [5.41, 5.74) is 1.05. The number of aromatic nitrogens is 2. The number of amides is 2. The van der Waals surface area contributed by atoms with Gasteiger partial charge in [0.15, 0.2) is 0 Å². The second-order valence-corrected chi connectivity index (χ2v) is 20.3. The quantitative estimate of drug-likeness (QED) is 0.351. The second-order valence-electron chi connectivity index (χ2n) is 20.3. The minimum atomic E-state index is -0.558. The minimum Gasteiger partial charge on any atom is -0.446 e. The first kappa shape index (κ1) is 35.4. The van der Waals surface area contributed by atoms with Gasteiger partial charge >= 0.3 is 12.2 Å². The summed E-state index contributed by atoms with van der Waals surface area (Å²) in [6.45, 7) is 21.8. The van der Waals surface area contributed by atoms with Crippen LogP contribution in [0.3, 0.4) is 0 Å². The third-order valence-electron chi connectivity index (χ3n) is 17.6. The molecule has 1 N–H and O–H groups in total. The van der Waals surface area contributed by atoms with E-state index < -0.39 is 6.10 Å². The fourth-order valence-corrected chi connectivity index (χ4v) is 14.8. The predicted octanol–water partition coefficient (Wildman–Crippen LogP) is 7.19. The first-order valence-corrected chi connectivity index (χ1v) is 20.8. The maximum Gasteiger partial charge on any atom is 0.410 e. The highest BCUT2D eigenvalue weighted by Crippen LogP contribution is 2.89. The SMILES string of the molecule is Cc1cn2c(n1)CN(C(=O)OC1CC[C@]34C[C@]35CC[C@]3(C)[C@@H]6C(OC([C@H](OC(=O)N7CCC7)C(C)C)C[C@H]6C)[C@H](O)[C@@]3(C)C5CC[C@H]4C1(C)C)CC2. The molecule has 5 aliphatic carbocycles. The van der Waals surface area contributed by atoms with Crippen LogP contribution in [0, 0.1) is 63.6 Å². The van der Waals surface area contributed by atoms with Crippen molar-refractivity contribution in [1.29, 1.82) is 0 Å². The molecule has 9 rings (SSSR count). The van der Waals surface area contributed by atoms with Crippen molar-refractivity contribution in [3.63, 3.8) is 0 Å². The zero-order valence-corrected chi connectivity index (χ0v) is 33.0. The van der Waals surface area contributed by atoms with Gasteiger partial charge in [-0.15, -0.1) is 0 Å². The van der Waals surface area contributed by atoms with Crippen LogP contribution in [-0.4, -0.2) is 86.8 Å². The third-order valence-corrected chi connectivity index (χ3v) is 17.6. The lowest BCUT2D eigenvalue weighted by atomic mass is 9.41. The molecule has 2 saturated heterocycles. The van der Waals surface area contributed by atoms with Crippen LogP contribution < -0.4 is 0 Å². The van der Waals surface area contributed by atoms with Crippen molar-refractivity contribution in [2.24, 2.45) is 56.7 Å². The topological polar surface area (TPSA) is 106 Å². The highest BCUT2D eigenvalue weighted by molar-refractivity contribution is 5.69. The highest BCUT2D eigenvalue weighted by Gasteiger charge is 2.84. The lowest BCUT2D eigenvalue weighted by Crippen LogP contribution is -2.60. The second kappa shape index (κ2) is 11.6. The number of aliphatic hydroxyl groups excluding tert-OH is 1. The van der Waals surface area contributed by atoms with Gasteiger partial charge in [0.2, 0.25) is 0 Å². The molecule has 7 fully saturated rings. The Balaban J connectivity index is 0.931. The third kappa shape index (κ3) is 4.57. The number of hydrogen-bond acceptors (Lipinski definition) is 7. The van der Waals surface area contributed by atoms with E-state index >= 15 is 0 Å². The Kier molecular flexibility index (Phi) is 7.89. The summed E-state index contributed by atoms with van der Waals surface area (Å²) in [7, 11) is 0. The Labute approximate surface area is 310 Å². The van der Waals surface area contributed by atoms with Crippen LogP contribution in [0.2, 0.25) is 0 Å². The van der Waals surface area contributed by atoms with E-state index in [1.165, 1.54) is 12.8 Å². The van der Waals surface area contributed by atoms with E-state index in [2.05, 4.69) is 64.2 Å². The summed E-state index contributed by atoms with van der Waals surface area (Å²) in [5, 5.41) is 12.7. The molecule has 10 heteroatoms. The van der Waals surface area contributed by atoms with Crippen molar-refractivity contribution in [2.75, 3.05) is 19.6 Å². The van der Waals surface area contributed by atoms with E-state index in [0.717, 1.165) is 76.1 Å². The van der Waals surface area contributed by atoms with Crippen molar-refractivity contribution in [2.45, 2.75) is 157 Å². The Morgan fingerprint density at radius 3 is 2.40 bits per heavy atom.